The van der Waals surface area contributed by atoms with Crippen molar-refractivity contribution >= 4 is 0 Å². The molecule has 0 aliphatic heterocycles. The first-order valence-corrected chi connectivity index (χ1v) is 2.89. The fraction of sp³-hybridized carbons (Fsp3) is 0.250. The van der Waals surface area contributed by atoms with Gasteiger partial charge in [0.05, 0.1) is 0 Å². The minimum atomic E-state index is 0.702. The van der Waals surface area contributed by atoms with E-state index < -0.39 is 0 Å². The summed E-state index contributed by atoms with van der Waals surface area (Å²) in [5, 5.41) is 0. The first-order chi connectivity index (χ1) is 3.93. The third-order valence-electron chi connectivity index (χ3n) is 1.29. The van der Waals surface area contributed by atoms with Crippen molar-refractivity contribution in [2.45, 2.75) is 6.42 Å². The van der Waals surface area contributed by atoms with E-state index in [1.807, 2.05) is 12.2 Å². The molecule has 0 saturated carbocycles. The Balaban J connectivity index is 2.28. The Hall–Kier alpha value is -0.780. The van der Waals surface area contributed by atoms with Gasteiger partial charge in [-0.1, -0.05) is 37.0 Å². The molecule has 1 unspecified atom stereocenters. The summed E-state index contributed by atoms with van der Waals surface area (Å²) in [5.74, 6) is 0.702. The van der Waals surface area contributed by atoms with Gasteiger partial charge in [-0.3, -0.25) is 0 Å². The van der Waals surface area contributed by atoms with Crippen molar-refractivity contribution in [3.63, 3.8) is 0 Å². The summed E-state index contributed by atoms with van der Waals surface area (Å²) in [5.41, 5.74) is 0. The van der Waals surface area contributed by atoms with Gasteiger partial charge in [-0.05, 0) is 12.3 Å². The molecule has 1 aliphatic carbocycles. The molecule has 0 aromatic rings. The van der Waals surface area contributed by atoms with Gasteiger partial charge in [0.2, 0.25) is 0 Å². The second-order valence-corrected chi connectivity index (χ2v) is 1.95. The van der Waals surface area contributed by atoms with Gasteiger partial charge >= 0.3 is 0 Å². The molecule has 0 saturated heterocycles. The Labute approximate surface area is 50.2 Å². The maximum absolute atomic E-state index is 3.58. The van der Waals surface area contributed by atoms with Gasteiger partial charge in [-0.2, -0.15) is 0 Å². The summed E-state index contributed by atoms with van der Waals surface area (Å²) in [6, 6.07) is 0. The van der Waals surface area contributed by atoms with Crippen LogP contribution in [0.15, 0.2) is 37.0 Å². The van der Waals surface area contributed by atoms with Crippen molar-refractivity contribution < 1.29 is 0 Å². The van der Waals surface area contributed by atoms with Crippen LogP contribution in [-0.4, -0.2) is 0 Å². The van der Waals surface area contributed by atoms with E-state index >= 15 is 0 Å². The number of hydrogen-bond acceptors (Lipinski definition) is 0. The van der Waals surface area contributed by atoms with E-state index in [1.54, 1.807) is 0 Å². The van der Waals surface area contributed by atoms with Crippen LogP contribution < -0.4 is 0 Å². The summed E-state index contributed by atoms with van der Waals surface area (Å²) in [7, 11) is 0. The molecule has 1 atom stereocenters. The molecule has 8 heavy (non-hydrogen) atoms. The lowest BCUT2D eigenvalue weighted by Gasteiger charge is -2.10. The smallest absolute Gasteiger partial charge is 0.00158 e. The van der Waals surface area contributed by atoms with Crippen LogP contribution in [0.25, 0.3) is 0 Å². The lowest BCUT2D eigenvalue weighted by molar-refractivity contribution is 0.760. The first kappa shape index (κ1) is 5.36. The van der Waals surface area contributed by atoms with E-state index in [0.717, 1.165) is 0 Å². The average molecular weight is 106 g/mol. The Bertz CT molecular complexity index is 129. The fourth-order valence-corrected chi connectivity index (χ4v) is 0.657. The normalized spacial score (nSPS) is 25.8. The van der Waals surface area contributed by atoms with Crippen LogP contribution in [-0.2, 0) is 0 Å². The molecule has 0 spiro atoms. The molecule has 0 N–H and O–H groups in total. The molecule has 0 bridgehead atoms. The molecule has 1 aliphatic rings. The number of hydrogen-bond donors (Lipinski definition) is 0. The molecular weight excluding hydrogens is 96.1 g/mol. The topological polar surface area (TPSA) is 0 Å². The highest BCUT2D eigenvalue weighted by molar-refractivity contribution is 5.13. The lowest BCUT2D eigenvalue weighted by Crippen LogP contribution is -1.96. The Kier molecular flexibility index (Phi) is 1.68. The largest absolute Gasteiger partial charge is 0.0991 e. The molecule has 1 rings (SSSR count). The number of rotatable bonds is 2. The van der Waals surface area contributed by atoms with E-state index in [4.69, 9.17) is 0 Å². The predicted molar refractivity (Wildman–Crippen MR) is 36.6 cm³/mol. The Morgan fingerprint density at radius 1 is 1.62 bits per heavy atom. The van der Waals surface area contributed by atoms with E-state index in [2.05, 4.69) is 24.8 Å². The summed E-state index contributed by atoms with van der Waals surface area (Å²) < 4.78 is 0. The van der Waals surface area contributed by atoms with Crippen LogP contribution in [0.5, 0.6) is 0 Å². The van der Waals surface area contributed by atoms with Crippen LogP contribution >= 0.6 is 0 Å². The minimum absolute atomic E-state index is 0.702. The summed E-state index contributed by atoms with van der Waals surface area (Å²) in [6.07, 6.45) is 11.6. The van der Waals surface area contributed by atoms with Gasteiger partial charge in [-0.25, -0.2) is 0 Å². The van der Waals surface area contributed by atoms with Crippen molar-refractivity contribution in [2.24, 2.45) is 5.92 Å². The molecule has 0 heteroatoms. The van der Waals surface area contributed by atoms with E-state index in [1.165, 1.54) is 6.42 Å². The molecular formula is C8H10. The summed E-state index contributed by atoms with van der Waals surface area (Å²) >= 11 is 0. The maximum atomic E-state index is 3.58. The highest BCUT2D eigenvalue weighted by Gasteiger charge is 2.02. The van der Waals surface area contributed by atoms with Crippen LogP contribution in [0.4, 0.5) is 0 Å². The lowest BCUT2D eigenvalue weighted by atomic mass is 9.95. The maximum Gasteiger partial charge on any atom is -0.00158 e. The van der Waals surface area contributed by atoms with E-state index in [-0.39, 0.29) is 0 Å². The van der Waals surface area contributed by atoms with Gasteiger partial charge in [0, 0.05) is 0 Å². The quantitative estimate of drug-likeness (QED) is 0.374. The zero-order chi connectivity index (χ0) is 5.82. The first-order valence-electron chi connectivity index (χ1n) is 2.89. The van der Waals surface area contributed by atoms with Crippen molar-refractivity contribution in [1.29, 1.82) is 0 Å². The van der Waals surface area contributed by atoms with Crippen molar-refractivity contribution in [3.05, 3.63) is 37.0 Å². The van der Waals surface area contributed by atoms with Gasteiger partial charge in [0.1, 0.15) is 0 Å². The molecule has 0 nitrogen and oxygen atoms in total. The zero-order valence-corrected chi connectivity index (χ0v) is 4.88. The highest BCUT2D eigenvalue weighted by Crippen LogP contribution is 2.17. The van der Waals surface area contributed by atoms with Crippen LogP contribution in [0.3, 0.4) is 0 Å². The minimum Gasteiger partial charge on any atom is -0.0991 e. The molecule has 0 amide bonds. The van der Waals surface area contributed by atoms with Crippen molar-refractivity contribution in [1.82, 2.24) is 0 Å². The second-order valence-electron chi connectivity index (χ2n) is 1.95. The SMILES string of the molecule is C=CC=CC1C=CC1. The van der Waals surface area contributed by atoms with E-state index in [0.29, 0.717) is 5.92 Å². The van der Waals surface area contributed by atoms with Crippen molar-refractivity contribution in [3.8, 4) is 0 Å². The number of allylic oxidation sites excluding steroid dienone is 5. The molecule has 0 aromatic carbocycles. The second kappa shape index (κ2) is 2.51. The molecule has 0 heterocycles. The Morgan fingerprint density at radius 2 is 2.38 bits per heavy atom. The van der Waals surface area contributed by atoms with Gasteiger partial charge in [0.15, 0.2) is 0 Å². The fourth-order valence-electron chi connectivity index (χ4n) is 0.657. The molecule has 0 fully saturated rings. The monoisotopic (exact) mass is 106 g/mol. The van der Waals surface area contributed by atoms with Gasteiger partial charge in [0.25, 0.3) is 0 Å². The Morgan fingerprint density at radius 3 is 2.75 bits per heavy atom. The standard InChI is InChI=1S/C8H10/c1-2-3-5-8-6-4-7-8/h2-6,8H,1,7H2. The van der Waals surface area contributed by atoms with Crippen LogP contribution in [0.2, 0.25) is 0 Å². The third kappa shape index (κ3) is 1.09. The molecule has 0 aromatic heterocycles. The third-order valence-corrected chi connectivity index (χ3v) is 1.29. The van der Waals surface area contributed by atoms with Gasteiger partial charge in [-0.15, -0.1) is 0 Å². The van der Waals surface area contributed by atoms with Gasteiger partial charge < -0.3 is 0 Å². The summed E-state index contributed by atoms with van der Waals surface area (Å²) in [6.45, 7) is 3.58. The zero-order valence-electron chi connectivity index (χ0n) is 4.88. The summed E-state index contributed by atoms with van der Waals surface area (Å²) in [4.78, 5) is 0. The molecule has 0 radical (unpaired) electrons. The van der Waals surface area contributed by atoms with Crippen LogP contribution in [0.1, 0.15) is 6.42 Å². The van der Waals surface area contributed by atoms with Crippen LogP contribution in [0, 0.1) is 5.92 Å². The van der Waals surface area contributed by atoms with E-state index in [9.17, 15) is 0 Å². The molecule has 42 valence electrons. The highest BCUT2D eigenvalue weighted by atomic mass is 14.1. The van der Waals surface area contributed by atoms with Crippen molar-refractivity contribution in [2.75, 3.05) is 0 Å². The average Bonchev–Trinajstić information content (AvgIpc) is 1.63. The predicted octanol–water partition coefficient (Wildman–Crippen LogP) is 2.30.